The highest BCUT2D eigenvalue weighted by Crippen LogP contribution is 2.15. The van der Waals surface area contributed by atoms with Crippen molar-refractivity contribution in [3.63, 3.8) is 0 Å². The quantitative estimate of drug-likeness (QED) is 0.655. The third-order valence-corrected chi connectivity index (χ3v) is 4.79. The van der Waals surface area contributed by atoms with Crippen LogP contribution in [0, 0.1) is 6.92 Å². The molecule has 0 atom stereocenters. The van der Waals surface area contributed by atoms with Gasteiger partial charge in [0.1, 0.15) is 0 Å². The fraction of sp³-hybridized carbons (Fsp3) is 0.235. The van der Waals surface area contributed by atoms with Crippen molar-refractivity contribution in [2.45, 2.75) is 26.4 Å². The molecule has 0 radical (unpaired) electrons. The Morgan fingerprint density at radius 3 is 2.72 bits per heavy atom. The van der Waals surface area contributed by atoms with Crippen LogP contribution in [0.1, 0.15) is 17.7 Å². The van der Waals surface area contributed by atoms with Crippen LogP contribution < -0.4 is 5.32 Å². The van der Waals surface area contributed by atoms with Crippen LogP contribution in [0.5, 0.6) is 0 Å². The largest absolute Gasteiger partial charge is 0.309 e. The molecule has 0 unspecified atom stereocenters. The molecule has 0 saturated heterocycles. The van der Waals surface area contributed by atoms with E-state index in [0.717, 1.165) is 15.7 Å². The molecule has 0 aliphatic carbocycles. The summed E-state index contributed by atoms with van der Waals surface area (Å²) in [5.74, 6) is 0.445. The van der Waals surface area contributed by atoms with Crippen LogP contribution in [0.15, 0.2) is 47.2 Å². The molecule has 0 spiro atoms. The topological polar surface area (TPSA) is 64.7 Å². The van der Waals surface area contributed by atoms with Gasteiger partial charge in [-0.1, -0.05) is 23.7 Å². The number of hydrogen-bond donors (Lipinski definition) is 1. The van der Waals surface area contributed by atoms with Crippen molar-refractivity contribution >= 4 is 39.3 Å². The van der Waals surface area contributed by atoms with Gasteiger partial charge in [-0.2, -0.15) is 10.2 Å². The van der Waals surface area contributed by atoms with Gasteiger partial charge in [0.15, 0.2) is 5.82 Å². The fourth-order valence-electron chi connectivity index (χ4n) is 2.36. The number of amides is 1. The summed E-state index contributed by atoms with van der Waals surface area (Å²) in [5, 5.41) is 12.1. The molecular formula is C17H17BrClN5O. The van der Waals surface area contributed by atoms with Crippen molar-refractivity contribution in [1.29, 1.82) is 0 Å². The average Bonchev–Trinajstić information content (AvgIpc) is 3.15. The van der Waals surface area contributed by atoms with Crippen molar-refractivity contribution in [3.8, 4) is 0 Å². The molecule has 1 N–H and O–H groups in total. The van der Waals surface area contributed by atoms with Crippen molar-refractivity contribution in [2.75, 3.05) is 5.32 Å². The number of nitrogens with zero attached hydrogens (tertiary/aromatic N) is 4. The van der Waals surface area contributed by atoms with Crippen molar-refractivity contribution < 1.29 is 4.79 Å². The summed E-state index contributed by atoms with van der Waals surface area (Å²) in [6, 6.07) is 9.38. The minimum Gasteiger partial charge on any atom is -0.309 e. The monoisotopic (exact) mass is 421 g/mol. The second-order valence-corrected chi connectivity index (χ2v) is 6.92. The lowest BCUT2D eigenvalue weighted by atomic mass is 10.2. The Morgan fingerprint density at radius 2 is 2.04 bits per heavy atom. The Balaban J connectivity index is 1.53. The molecule has 6 nitrogen and oxygen atoms in total. The summed E-state index contributed by atoms with van der Waals surface area (Å²) in [4.78, 5) is 12.1. The van der Waals surface area contributed by atoms with Gasteiger partial charge in [0, 0.05) is 29.4 Å². The van der Waals surface area contributed by atoms with E-state index in [1.807, 2.05) is 37.4 Å². The molecule has 0 bridgehead atoms. The standard InChI is InChI=1S/C17H17BrClN5O/c1-12-15(18)10-20-24(12)9-7-17(25)21-16-6-8-23(22-16)11-13-2-4-14(19)5-3-13/h2-6,8,10H,7,9,11H2,1H3,(H,21,22,25). The van der Waals surface area contributed by atoms with Gasteiger partial charge in [-0.05, 0) is 40.5 Å². The molecule has 3 aromatic rings. The lowest BCUT2D eigenvalue weighted by Gasteiger charge is -2.05. The summed E-state index contributed by atoms with van der Waals surface area (Å²) in [7, 11) is 0. The molecule has 2 aromatic heterocycles. The van der Waals surface area contributed by atoms with Gasteiger partial charge in [0.2, 0.25) is 5.91 Å². The van der Waals surface area contributed by atoms with E-state index in [1.165, 1.54) is 0 Å². The highest BCUT2D eigenvalue weighted by Gasteiger charge is 2.08. The first-order valence-electron chi connectivity index (χ1n) is 7.77. The number of hydrogen-bond acceptors (Lipinski definition) is 3. The third kappa shape index (κ3) is 4.70. The molecule has 0 aliphatic heterocycles. The normalized spacial score (nSPS) is 10.8. The molecule has 8 heteroatoms. The number of halogens is 2. The molecule has 0 saturated carbocycles. The van der Waals surface area contributed by atoms with Crippen LogP contribution in [-0.4, -0.2) is 25.5 Å². The maximum atomic E-state index is 12.1. The first-order chi connectivity index (χ1) is 12.0. The fourth-order valence-corrected chi connectivity index (χ4v) is 2.78. The Bertz CT molecular complexity index is 872. The van der Waals surface area contributed by atoms with Crippen LogP contribution in [0.4, 0.5) is 5.82 Å². The van der Waals surface area contributed by atoms with Crippen molar-refractivity contribution in [1.82, 2.24) is 19.6 Å². The second-order valence-electron chi connectivity index (χ2n) is 5.62. The van der Waals surface area contributed by atoms with Crippen LogP contribution in [0.25, 0.3) is 0 Å². The molecule has 3 rings (SSSR count). The summed E-state index contributed by atoms with van der Waals surface area (Å²) in [6.45, 7) is 3.09. The second kappa shape index (κ2) is 7.84. The molecule has 1 aromatic carbocycles. The van der Waals surface area contributed by atoms with Gasteiger partial charge in [0.25, 0.3) is 0 Å². The van der Waals surface area contributed by atoms with E-state index in [-0.39, 0.29) is 5.91 Å². The van der Waals surface area contributed by atoms with Gasteiger partial charge in [-0.25, -0.2) is 0 Å². The van der Waals surface area contributed by atoms with Crippen LogP contribution in [0.3, 0.4) is 0 Å². The van der Waals surface area contributed by atoms with Gasteiger partial charge < -0.3 is 5.32 Å². The van der Waals surface area contributed by atoms with Crippen molar-refractivity contribution in [3.05, 3.63) is 63.5 Å². The summed E-state index contributed by atoms with van der Waals surface area (Å²) >= 11 is 9.29. The first kappa shape index (κ1) is 17.7. The Labute approximate surface area is 158 Å². The van der Waals surface area contributed by atoms with Gasteiger partial charge in [-0.15, -0.1) is 0 Å². The van der Waals surface area contributed by atoms with Crippen LogP contribution in [-0.2, 0) is 17.9 Å². The van der Waals surface area contributed by atoms with Crippen LogP contribution >= 0.6 is 27.5 Å². The Morgan fingerprint density at radius 1 is 1.28 bits per heavy atom. The predicted molar refractivity (Wildman–Crippen MR) is 101 cm³/mol. The van der Waals surface area contributed by atoms with Gasteiger partial charge >= 0.3 is 0 Å². The average molecular weight is 423 g/mol. The zero-order valence-electron chi connectivity index (χ0n) is 13.6. The van der Waals surface area contributed by atoms with E-state index in [2.05, 4.69) is 31.4 Å². The van der Waals surface area contributed by atoms with Gasteiger partial charge in [0.05, 0.1) is 23.8 Å². The number of carbonyl (C=O) groups excluding carboxylic acids is 1. The zero-order valence-corrected chi connectivity index (χ0v) is 16.0. The SMILES string of the molecule is Cc1c(Br)cnn1CCC(=O)Nc1ccn(Cc2ccc(Cl)cc2)n1. The maximum absolute atomic E-state index is 12.1. The van der Waals surface area contributed by atoms with Crippen molar-refractivity contribution in [2.24, 2.45) is 0 Å². The van der Waals surface area contributed by atoms with E-state index >= 15 is 0 Å². The summed E-state index contributed by atoms with van der Waals surface area (Å²) in [5.41, 5.74) is 2.09. The number of rotatable bonds is 6. The number of benzene rings is 1. The zero-order chi connectivity index (χ0) is 17.8. The lowest BCUT2D eigenvalue weighted by Crippen LogP contribution is -2.16. The minimum atomic E-state index is -0.0947. The summed E-state index contributed by atoms with van der Waals surface area (Å²) < 4.78 is 4.50. The van der Waals surface area contributed by atoms with Gasteiger partial charge in [-0.3, -0.25) is 14.2 Å². The van der Waals surface area contributed by atoms with E-state index in [1.54, 1.807) is 21.6 Å². The number of carbonyl (C=O) groups is 1. The number of anilines is 1. The smallest absolute Gasteiger partial charge is 0.227 e. The lowest BCUT2D eigenvalue weighted by molar-refractivity contribution is -0.116. The summed E-state index contributed by atoms with van der Waals surface area (Å²) in [6.07, 6.45) is 3.89. The predicted octanol–water partition coefficient (Wildman–Crippen LogP) is 3.88. The number of aryl methyl sites for hydroxylation is 1. The molecule has 2 heterocycles. The first-order valence-corrected chi connectivity index (χ1v) is 8.94. The van der Waals surface area contributed by atoms with Crippen LogP contribution in [0.2, 0.25) is 5.02 Å². The molecular weight excluding hydrogens is 406 g/mol. The molecule has 0 aliphatic rings. The van der Waals surface area contributed by atoms with E-state index in [9.17, 15) is 4.79 Å². The van der Waals surface area contributed by atoms with E-state index in [0.29, 0.717) is 30.4 Å². The Kier molecular flexibility index (Phi) is 5.55. The highest BCUT2D eigenvalue weighted by atomic mass is 79.9. The molecule has 0 fully saturated rings. The molecule has 1 amide bonds. The molecule has 25 heavy (non-hydrogen) atoms. The number of aromatic nitrogens is 4. The maximum Gasteiger partial charge on any atom is 0.227 e. The Hall–Kier alpha value is -2.12. The minimum absolute atomic E-state index is 0.0947. The molecule has 130 valence electrons. The van der Waals surface area contributed by atoms with E-state index in [4.69, 9.17) is 11.6 Å². The highest BCUT2D eigenvalue weighted by molar-refractivity contribution is 9.10. The third-order valence-electron chi connectivity index (χ3n) is 3.76. The van der Waals surface area contributed by atoms with E-state index < -0.39 is 0 Å². The number of nitrogens with one attached hydrogen (secondary N) is 1.